The second-order valence-electron chi connectivity index (χ2n) is 9.30. The van der Waals surface area contributed by atoms with Crippen molar-refractivity contribution in [2.45, 2.75) is 39.8 Å². The molecule has 0 radical (unpaired) electrons. The van der Waals surface area contributed by atoms with Gasteiger partial charge in [-0.05, 0) is 27.7 Å². The molecule has 0 spiro atoms. The molecule has 10 nitrogen and oxygen atoms in total. The van der Waals surface area contributed by atoms with E-state index < -0.39 is 5.60 Å². The van der Waals surface area contributed by atoms with Crippen molar-refractivity contribution in [1.82, 2.24) is 30.1 Å². The number of carbonyl (C=O) groups is 1. The summed E-state index contributed by atoms with van der Waals surface area (Å²) in [5.41, 5.74) is 0.526. The molecule has 1 amide bonds. The van der Waals surface area contributed by atoms with Crippen LogP contribution in [0.4, 0.5) is 4.79 Å². The molecule has 3 heterocycles. The van der Waals surface area contributed by atoms with Gasteiger partial charge in [0, 0.05) is 78.1 Å². The van der Waals surface area contributed by atoms with Crippen LogP contribution in [0.5, 0.6) is 0 Å². The van der Waals surface area contributed by atoms with E-state index in [2.05, 4.69) is 32.1 Å². The van der Waals surface area contributed by atoms with Crippen LogP contribution in [0.15, 0.2) is 21.8 Å². The lowest BCUT2D eigenvalue weighted by molar-refractivity contribution is 0.0148. The summed E-state index contributed by atoms with van der Waals surface area (Å²) in [5.74, 6) is 0.987. The zero-order valence-corrected chi connectivity index (χ0v) is 20.0. The number of hydrogen-bond donors (Lipinski definition) is 1. The van der Waals surface area contributed by atoms with Crippen molar-refractivity contribution in [2.75, 3.05) is 72.0 Å². The molecule has 180 valence electrons. The summed E-state index contributed by atoms with van der Waals surface area (Å²) in [7, 11) is 0. The topological polar surface area (TPSA) is 89.7 Å². The van der Waals surface area contributed by atoms with E-state index in [0.29, 0.717) is 13.1 Å². The van der Waals surface area contributed by atoms with Crippen LogP contribution in [0.25, 0.3) is 0 Å². The highest BCUT2D eigenvalue weighted by molar-refractivity contribution is 5.80. The van der Waals surface area contributed by atoms with Crippen molar-refractivity contribution in [3.8, 4) is 0 Å². The highest BCUT2D eigenvalue weighted by atomic mass is 16.6. The van der Waals surface area contributed by atoms with Crippen LogP contribution in [0.2, 0.25) is 0 Å². The number of guanidine groups is 1. The molecular weight excluding hydrogens is 410 g/mol. The minimum absolute atomic E-state index is 0.215. The number of ether oxygens (including phenoxy) is 1. The normalized spacial score (nSPS) is 19.3. The monoisotopic (exact) mass is 449 g/mol. The first kappa shape index (κ1) is 24.3. The minimum Gasteiger partial charge on any atom is -0.444 e. The van der Waals surface area contributed by atoms with Crippen LogP contribution in [0.3, 0.4) is 0 Å². The van der Waals surface area contributed by atoms with Gasteiger partial charge in [-0.3, -0.25) is 14.8 Å². The Labute approximate surface area is 191 Å². The van der Waals surface area contributed by atoms with Crippen molar-refractivity contribution >= 4 is 12.1 Å². The smallest absolute Gasteiger partial charge is 0.410 e. The zero-order valence-electron chi connectivity index (χ0n) is 20.0. The van der Waals surface area contributed by atoms with Crippen molar-refractivity contribution in [3.63, 3.8) is 0 Å². The van der Waals surface area contributed by atoms with Gasteiger partial charge in [0.05, 0.1) is 12.2 Å². The number of carbonyl (C=O) groups excluding carboxylic acids is 1. The minimum atomic E-state index is -0.451. The van der Waals surface area contributed by atoms with Gasteiger partial charge >= 0.3 is 6.09 Å². The van der Waals surface area contributed by atoms with Gasteiger partial charge in [-0.2, -0.15) is 0 Å². The second kappa shape index (κ2) is 11.5. The van der Waals surface area contributed by atoms with E-state index >= 15 is 0 Å². The van der Waals surface area contributed by atoms with Crippen LogP contribution in [-0.4, -0.2) is 114 Å². The summed E-state index contributed by atoms with van der Waals surface area (Å²) in [4.78, 5) is 26.0. The summed E-state index contributed by atoms with van der Waals surface area (Å²) in [6.07, 6.45) is 1.41. The maximum atomic E-state index is 12.2. The predicted octanol–water partition coefficient (Wildman–Crippen LogP) is 1.31. The van der Waals surface area contributed by atoms with Crippen molar-refractivity contribution in [3.05, 3.63) is 18.0 Å². The molecular formula is C22H39N7O3. The molecule has 2 saturated heterocycles. The van der Waals surface area contributed by atoms with Gasteiger partial charge in [-0.1, -0.05) is 5.16 Å². The van der Waals surface area contributed by atoms with Crippen molar-refractivity contribution < 1.29 is 14.1 Å². The number of nitrogens with one attached hydrogen (secondary N) is 1. The van der Waals surface area contributed by atoms with Gasteiger partial charge in [0.1, 0.15) is 11.9 Å². The molecule has 32 heavy (non-hydrogen) atoms. The first-order valence-corrected chi connectivity index (χ1v) is 11.7. The molecule has 0 saturated carbocycles. The summed E-state index contributed by atoms with van der Waals surface area (Å²) in [6.45, 7) is 18.1. The standard InChI is InChI=1S/C22H39N7O3/c1-5-23-20(28-13-11-27(12-14-28)18-19-6-17-31-25-19)24-7-8-26-9-15-29(16-10-26)21(30)32-22(2,3)4/h6,17H,5,7-16,18H2,1-4H3,(H,23,24). The molecule has 1 aromatic heterocycles. The summed E-state index contributed by atoms with van der Waals surface area (Å²) in [6, 6.07) is 1.92. The number of aromatic nitrogens is 1. The molecule has 0 atom stereocenters. The lowest BCUT2D eigenvalue weighted by Crippen LogP contribution is -2.52. The van der Waals surface area contributed by atoms with Gasteiger partial charge in [0.25, 0.3) is 0 Å². The summed E-state index contributed by atoms with van der Waals surface area (Å²) in [5, 5.41) is 7.45. The summed E-state index contributed by atoms with van der Waals surface area (Å²) >= 11 is 0. The number of rotatable bonds is 6. The van der Waals surface area contributed by atoms with E-state index in [9.17, 15) is 4.79 Å². The highest BCUT2D eigenvalue weighted by Crippen LogP contribution is 2.12. The third kappa shape index (κ3) is 7.67. The lowest BCUT2D eigenvalue weighted by Gasteiger charge is -2.36. The number of amides is 1. The number of aliphatic imine (C=N–C) groups is 1. The molecule has 2 fully saturated rings. The first-order valence-electron chi connectivity index (χ1n) is 11.7. The van der Waals surface area contributed by atoms with Gasteiger partial charge in [0.15, 0.2) is 5.96 Å². The molecule has 2 aliphatic heterocycles. The molecule has 0 aromatic carbocycles. The average Bonchev–Trinajstić information content (AvgIpc) is 3.26. The van der Waals surface area contributed by atoms with E-state index in [1.54, 1.807) is 11.2 Å². The van der Waals surface area contributed by atoms with Crippen LogP contribution in [-0.2, 0) is 11.3 Å². The SMILES string of the molecule is CCNC(=NCCN1CCN(C(=O)OC(C)(C)C)CC1)N1CCN(Cc2ccon2)CC1. The van der Waals surface area contributed by atoms with E-state index in [1.807, 2.05) is 26.8 Å². The van der Waals surface area contributed by atoms with E-state index in [1.165, 1.54) is 0 Å². The first-order chi connectivity index (χ1) is 15.3. The Kier molecular flexibility index (Phi) is 8.75. The van der Waals surface area contributed by atoms with E-state index in [0.717, 1.165) is 77.1 Å². The quantitative estimate of drug-likeness (QED) is 0.514. The molecule has 10 heteroatoms. The van der Waals surface area contributed by atoms with Crippen molar-refractivity contribution in [2.24, 2.45) is 4.99 Å². The molecule has 1 aromatic rings. The molecule has 0 bridgehead atoms. The molecule has 2 aliphatic rings. The Hall–Kier alpha value is -2.33. The third-order valence-corrected chi connectivity index (χ3v) is 5.59. The second-order valence-corrected chi connectivity index (χ2v) is 9.30. The third-order valence-electron chi connectivity index (χ3n) is 5.59. The Morgan fingerprint density at radius 3 is 2.34 bits per heavy atom. The molecule has 0 aliphatic carbocycles. The van der Waals surface area contributed by atoms with Gasteiger partial charge < -0.3 is 24.4 Å². The average molecular weight is 450 g/mol. The Morgan fingerprint density at radius 1 is 1.09 bits per heavy atom. The number of piperazine rings is 2. The number of hydrogen-bond acceptors (Lipinski definition) is 7. The maximum Gasteiger partial charge on any atom is 0.410 e. The predicted molar refractivity (Wildman–Crippen MR) is 124 cm³/mol. The van der Waals surface area contributed by atoms with Crippen LogP contribution >= 0.6 is 0 Å². The van der Waals surface area contributed by atoms with Crippen LogP contribution in [0.1, 0.15) is 33.4 Å². The fourth-order valence-electron chi connectivity index (χ4n) is 3.87. The fourth-order valence-corrected chi connectivity index (χ4v) is 3.87. The Bertz CT molecular complexity index is 716. The maximum absolute atomic E-state index is 12.2. The van der Waals surface area contributed by atoms with Gasteiger partial charge in [-0.25, -0.2) is 4.79 Å². The summed E-state index contributed by atoms with van der Waals surface area (Å²) < 4.78 is 10.4. The van der Waals surface area contributed by atoms with Crippen molar-refractivity contribution in [1.29, 1.82) is 0 Å². The Balaban J connectivity index is 1.40. The largest absolute Gasteiger partial charge is 0.444 e. The highest BCUT2D eigenvalue weighted by Gasteiger charge is 2.26. The lowest BCUT2D eigenvalue weighted by atomic mass is 10.2. The van der Waals surface area contributed by atoms with Crippen LogP contribution < -0.4 is 5.32 Å². The molecule has 1 N–H and O–H groups in total. The van der Waals surface area contributed by atoms with Crippen LogP contribution in [0, 0.1) is 0 Å². The molecule has 3 rings (SSSR count). The van der Waals surface area contributed by atoms with Gasteiger partial charge in [0.2, 0.25) is 0 Å². The zero-order chi connectivity index (χ0) is 23.0. The fraction of sp³-hybridized carbons (Fsp3) is 0.773. The number of nitrogens with zero attached hydrogens (tertiary/aromatic N) is 6. The van der Waals surface area contributed by atoms with E-state index in [-0.39, 0.29) is 6.09 Å². The van der Waals surface area contributed by atoms with E-state index in [4.69, 9.17) is 14.3 Å². The van der Waals surface area contributed by atoms with Gasteiger partial charge in [-0.15, -0.1) is 0 Å². The Morgan fingerprint density at radius 2 is 1.75 bits per heavy atom. The molecule has 0 unspecified atom stereocenters.